The number of carbonyl (C=O) groups is 3. The molecular weight excluding hydrogens is 492 g/mol. The molecule has 9 heteroatoms. The van der Waals surface area contributed by atoms with Crippen LogP contribution in [0.25, 0.3) is 11.0 Å². The van der Waals surface area contributed by atoms with Crippen molar-refractivity contribution in [1.29, 1.82) is 0 Å². The predicted octanol–water partition coefficient (Wildman–Crippen LogP) is 4.39. The van der Waals surface area contributed by atoms with Crippen molar-refractivity contribution >= 4 is 40.0 Å². The summed E-state index contributed by atoms with van der Waals surface area (Å²) in [5.74, 6) is -0.861. The van der Waals surface area contributed by atoms with E-state index in [2.05, 4.69) is 15.6 Å². The molecule has 0 saturated carbocycles. The van der Waals surface area contributed by atoms with Crippen LogP contribution in [0.5, 0.6) is 0 Å². The predicted molar refractivity (Wildman–Crippen MR) is 153 cm³/mol. The Labute approximate surface area is 228 Å². The van der Waals surface area contributed by atoms with Gasteiger partial charge >= 0.3 is 0 Å². The fourth-order valence-electron chi connectivity index (χ4n) is 4.36. The van der Waals surface area contributed by atoms with Gasteiger partial charge in [-0.15, -0.1) is 5.10 Å². The van der Waals surface area contributed by atoms with Gasteiger partial charge in [0.2, 0.25) is 11.8 Å². The Hall–Kier alpha value is -4.53. The van der Waals surface area contributed by atoms with E-state index in [1.165, 1.54) is 16.5 Å². The molecule has 1 N–H and O–H groups in total. The highest BCUT2D eigenvalue weighted by Crippen LogP contribution is 2.31. The molecule has 4 rings (SSSR count). The quantitative estimate of drug-likeness (QED) is 0.342. The molecule has 0 bridgehead atoms. The van der Waals surface area contributed by atoms with E-state index in [1.54, 1.807) is 24.3 Å². The lowest BCUT2D eigenvalue weighted by molar-refractivity contribution is -0.128. The second-order valence-electron chi connectivity index (χ2n) is 10.7. The first-order valence-corrected chi connectivity index (χ1v) is 12.8. The zero-order valence-corrected chi connectivity index (χ0v) is 23.2. The summed E-state index contributed by atoms with van der Waals surface area (Å²) >= 11 is 0. The summed E-state index contributed by atoms with van der Waals surface area (Å²) in [7, 11) is 3.87. The molecule has 1 heterocycles. The van der Waals surface area contributed by atoms with Crippen LogP contribution in [0.15, 0.2) is 72.8 Å². The van der Waals surface area contributed by atoms with Crippen molar-refractivity contribution in [3.63, 3.8) is 0 Å². The van der Waals surface area contributed by atoms with Crippen LogP contribution in [0, 0.1) is 0 Å². The molecule has 0 saturated heterocycles. The maximum absolute atomic E-state index is 14.2. The molecule has 0 fully saturated rings. The summed E-state index contributed by atoms with van der Waals surface area (Å²) in [6.45, 7) is 6.99. The van der Waals surface area contributed by atoms with Crippen LogP contribution in [0.3, 0.4) is 0 Å². The average Bonchev–Trinajstić information content (AvgIpc) is 3.28. The lowest BCUT2D eigenvalue weighted by Gasteiger charge is -2.34. The lowest BCUT2D eigenvalue weighted by Crippen LogP contribution is -2.50. The standard InChI is InChI=1S/C30H34N6O3/c1-20(37)22-10-9-11-24(18-22)36(27(38)19-35-26-13-8-7-12-25(26)32-33-35)28(29(39)31-30(2,3)4)21-14-16-23(17-15-21)34(5)6/h7-18,28H,19H2,1-6H3,(H,31,39)/t28-/m0/s1. The molecule has 0 aliphatic carbocycles. The highest BCUT2D eigenvalue weighted by atomic mass is 16.2. The fourth-order valence-corrected chi connectivity index (χ4v) is 4.36. The van der Waals surface area contributed by atoms with Crippen LogP contribution < -0.4 is 15.1 Å². The van der Waals surface area contributed by atoms with Crippen LogP contribution in [0.1, 0.15) is 49.7 Å². The number of nitrogens with zero attached hydrogens (tertiary/aromatic N) is 5. The Kier molecular flexibility index (Phi) is 7.80. The SMILES string of the molecule is CC(=O)c1cccc(N(C(=O)Cn2nnc3ccccc32)[C@H](C(=O)NC(C)(C)C)c2ccc(N(C)C)cc2)c1. The molecule has 0 spiro atoms. The molecule has 0 radical (unpaired) electrons. The van der Waals surface area contributed by atoms with Crippen molar-refractivity contribution in [2.45, 2.75) is 45.8 Å². The van der Waals surface area contributed by atoms with Gasteiger partial charge in [0.25, 0.3) is 0 Å². The average molecular weight is 527 g/mol. The Bertz CT molecular complexity index is 1500. The number of aromatic nitrogens is 3. The number of fused-ring (bicyclic) bond motifs is 1. The van der Waals surface area contributed by atoms with Gasteiger partial charge in [0.15, 0.2) is 5.78 Å². The van der Waals surface area contributed by atoms with Gasteiger partial charge in [0.1, 0.15) is 18.1 Å². The van der Waals surface area contributed by atoms with Crippen molar-refractivity contribution in [3.8, 4) is 0 Å². The van der Waals surface area contributed by atoms with Gasteiger partial charge in [-0.3, -0.25) is 19.3 Å². The molecule has 2 amide bonds. The molecule has 0 aliphatic heterocycles. The first kappa shape index (κ1) is 27.5. The first-order chi connectivity index (χ1) is 18.4. The van der Waals surface area contributed by atoms with Crippen molar-refractivity contribution in [2.24, 2.45) is 0 Å². The zero-order valence-electron chi connectivity index (χ0n) is 23.2. The van der Waals surface area contributed by atoms with E-state index < -0.39 is 11.6 Å². The van der Waals surface area contributed by atoms with Crippen LogP contribution >= 0.6 is 0 Å². The third-order valence-corrected chi connectivity index (χ3v) is 6.23. The van der Waals surface area contributed by atoms with Gasteiger partial charge in [0, 0.05) is 36.6 Å². The number of hydrogen-bond acceptors (Lipinski definition) is 6. The molecule has 1 atom stereocenters. The maximum atomic E-state index is 14.2. The third-order valence-electron chi connectivity index (χ3n) is 6.23. The van der Waals surface area contributed by atoms with E-state index in [0.717, 1.165) is 5.69 Å². The number of nitrogens with one attached hydrogen (secondary N) is 1. The smallest absolute Gasteiger partial charge is 0.249 e. The van der Waals surface area contributed by atoms with Gasteiger partial charge < -0.3 is 10.2 Å². The number of Topliss-reactive ketones (excluding diaryl/α,β-unsaturated/α-hetero) is 1. The summed E-state index contributed by atoms with van der Waals surface area (Å²) in [5.41, 5.74) is 3.28. The van der Waals surface area contributed by atoms with Crippen molar-refractivity contribution in [2.75, 3.05) is 23.9 Å². The van der Waals surface area contributed by atoms with E-state index in [0.29, 0.717) is 27.8 Å². The summed E-state index contributed by atoms with van der Waals surface area (Å²) in [6.07, 6.45) is 0. The normalized spacial score (nSPS) is 12.2. The lowest BCUT2D eigenvalue weighted by atomic mass is 9.99. The summed E-state index contributed by atoms with van der Waals surface area (Å²) in [5, 5.41) is 11.4. The largest absolute Gasteiger partial charge is 0.378 e. The van der Waals surface area contributed by atoms with E-state index in [-0.39, 0.29) is 24.1 Å². The summed E-state index contributed by atoms with van der Waals surface area (Å²) in [4.78, 5) is 43.7. The second kappa shape index (κ2) is 11.1. The maximum Gasteiger partial charge on any atom is 0.249 e. The highest BCUT2D eigenvalue weighted by molar-refractivity contribution is 6.03. The Morgan fingerprint density at radius 3 is 2.26 bits per heavy atom. The Morgan fingerprint density at radius 2 is 1.62 bits per heavy atom. The molecule has 1 aromatic heterocycles. The van der Waals surface area contributed by atoms with Crippen LogP contribution in [0.4, 0.5) is 11.4 Å². The number of benzene rings is 3. The van der Waals surface area contributed by atoms with Gasteiger partial charge in [-0.05, 0) is 69.7 Å². The van der Waals surface area contributed by atoms with Crippen LogP contribution in [0.2, 0.25) is 0 Å². The van der Waals surface area contributed by atoms with E-state index in [9.17, 15) is 14.4 Å². The molecule has 39 heavy (non-hydrogen) atoms. The molecule has 3 aromatic carbocycles. The van der Waals surface area contributed by atoms with E-state index in [4.69, 9.17) is 0 Å². The minimum absolute atomic E-state index is 0.141. The van der Waals surface area contributed by atoms with Gasteiger partial charge in [-0.1, -0.05) is 41.6 Å². The van der Waals surface area contributed by atoms with Crippen LogP contribution in [-0.2, 0) is 16.1 Å². The summed E-state index contributed by atoms with van der Waals surface area (Å²) < 4.78 is 1.52. The number of ketones is 1. The number of para-hydroxylation sites is 1. The Morgan fingerprint density at radius 1 is 0.923 bits per heavy atom. The monoisotopic (exact) mass is 526 g/mol. The molecule has 0 unspecified atom stereocenters. The minimum atomic E-state index is -1.01. The number of amides is 2. The molecule has 202 valence electrons. The topological polar surface area (TPSA) is 100 Å². The number of rotatable bonds is 8. The molecule has 4 aromatic rings. The second-order valence-corrected chi connectivity index (χ2v) is 10.7. The first-order valence-electron chi connectivity index (χ1n) is 12.8. The third kappa shape index (κ3) is 6.31. The van der Waals surface area contributed by atoms with Crippen molar-refractivity contribution < 1.29 is 14.4 Å². The van der Waals surface area contributed by atoms with Gasteiger partial charge in [0.05, 0.1) is 5.52 Å². The molecular formula is C30H34N6O3. The zero-order chi connectivity index (χ0) is 28.3. The van der Waals surface area contributed by atoms with Crippen LogP contribution in [-0.4, -0.2) is 52.2 Å². The van der Waals surface area contributed by atoms with E-state index >= 15 is 0 Å². The van der Waals surface area contributed by atoms with Gasteiger partial charge in [-0.25, -0.2) is 4.68 Å². The number of hydrogen-bond donors (Lipinski definition) is 1. The fraction of sp³-hybridized carbons (Fsp3) is 0.300. The number of carbonyl (C=O) groups excluding carboxylic acids is 3. The molecule has 0 aliphatic rings. The minimum Gasteiger partial charge on any atom is -0.378 e. The molecule has 9 nitrogen and oxygen atoms in total. The van der Waals surface area contributed by atoms with Gasteiger partial charge in [-0.2, -0.15) is 0 Å². The Balaban J connectivity index is 1.86. The van der Waals surface area contributed by atoms with Crippen molar-refractivity contribution in [3.05, 3.63) is 83.9 Å². The highest BCUT2D eigenvalue weighted by Gasteiger charge is 2.35. The number of anilines is 2. The summed E-state index contributed by atoms with van der Waals surface area (Å²) in [6, 6.07) is 20.7. The van der Waals surface area contributed by atoms with E-state index in [1.807, 2.05) is 88.3 Å². The van der Waals surface area contributed by atoms with Crippen molar-refractivity contribution in [1.82, 2.24) is 20.3 Å².